The van der Waals surface area contributed by atoms with Crippen LogP contribution in [0.3, 0.4) is 0 Å². The van der Waals surface area contributed by atoms with E-state index in [2.05, 4.69) is 41.5 Å². The molecule has 2 aromatic carbocycles. The van der Waals surface area contributed by atoms with Crippen molar-refractivity contribution in [1.29, 1.82) is 0 Å². The molecule has 2 aromatic rings. The second kappa shape index (κ2) is 10.9. The predicted octanol–water partition coefficient (Wildman–Crippen LogP) is 3.39. The molecule has 0 aromatic heterocycles. The number of hydrogen-bond donors (Lipinski definition) is 2. The molecular weight excluding hydrogens is 480 g/mol. The van der Waals surface area contributed by atoms with E-state index in [4.69, 9.17) is 14.9 Å². The Balaban J connectivity index is 1.56. The van der Waals surface area contributed by atoms with Crippen molar-refractivity contribution >= 4 is 40.4 Å². The fraction of sp³-hybridized carbons (Fsp3) is 0.346. The summed E-state index contributed by atoms with van der Waals surface area (Å²) in [4.78, 5) is 40.2. The number of hydrazone groups is 1. The summed E-state index contributed by atoms with van der Waals surface area (Å²) >= 11 is 1.18. The highest BCUT2D eigenvalue weighted by molar-refractivity contribution is 8.15. The predicted molar refractivity (Wildman–Crippen MR) is 138 cm³/mol. The van der Waals surface area contributed by atoms with E-state index in [0.29, 0.717) is 11.6 Å². The van der Waals surface area contributed by atoms with Crippen molar-refractivity contribution in [2.75, 3.05) is 7.11 Å². The summed E-state index contributed by atoms with van der Waals surface area (Å²) in [6.07, 6.45) is 1.39. The van der Waals surface area contributed by atoms with Gasteiger partial charge in [0.25, 0.3) is 5.91 Å². The van der Waals surface area contributed by atoms with Crippen LogP contribution < -0.4 is 10.1 Å². The Hall–Kier alpha value is -3.66. The zero-order valence-corrected chi connectivity index (χ0v) is 21.1. The Kier molecular flexibility index (Phi) is 7.73. The normalized spacial score (nSPS) is 20.1. The molecule has 0 saturated carbocycles. The van der Waals surface area contributed by atoms with Crippen LogP contribution in [0.2, 0.25) is 0 Å². The van der Waals surface area contributed by atoms with Gasteiger partial charge in [-0.3, -0.25) is 14.4 Å². The monoisotopic (exact) mass is 508 g/mol. The third kappa shape index (κ3) is 5.59. The minimum Gasteiger partial charge on any atom is -0.497 e. The Morgan fingerprint density at radius 3 is 2.50 bits per heavy atom. The van der Waals surface area contributed by atoms with Gasteiger partial charge in [0.15, 0.2) is 5.17 Å². The molecule has 0 aliphatic carbocycles. The average Bonchev–Trinajstić information content (AvgIpc) is 3.48. The molecule has 0 bridgehead atoms. The van der Waals surface area contributed by atoms with Gasteiger partial charge in [0.1, 0.15) is 17.0 Å². The maximum atomic E-state index is 12.7. The average molecular weight is 509 g/mol. The number of aryl methyl sites for hydroxylation is 1. The Labute approximate surface area is 213 Å². The lowest BCUT2D eigenvalue weighted by Gasteiger charge is -2.23. The quantitative estimate of drug-likeness (QED) is 0.561. The zero-order valence-electron chi connectivity index (χ0n) is 20.3. The maximum absolute atomic E-state index is 12.7. The number of aliphatic carboxylic acids is 1. The van der Waals surface area contributed by atoms with Gasteiger partial charge < -0.3 is 15.2 Å². The molecular formula is C26H28N4O5S. The highest BCUT2D eigenvalue weighted by Crippen LogP contribution is 2.38. The lowest BCUT2D eigenvalue weighted by atomic mass is 9.97. The van der Waals surface area contributed by atoms with Crippen LogP contribution in [0.15, 0.2) is 58.6 Å². The maximum Gasteiger partial charge on any atom is 0.325 e. The molecule has 0 fully saturated rings. The summed E-state index contributed by atoms with van der Waals surface area (Å²) in [6, 6.07) is 14.8. The molecule has 36 heavy (non-hydrogen) atoms. The number of carbonyl (C=O) groups is 3. The van der Waals surface area contributed by atoms with Crippen LogP contribution >= 0.6 is 11.8 Å². The first-order chi connectivity index (χ1) is 17.3. The number of amidine groups is 1. The molecule has 3 atom stereocenters. The number of amides is 2. The van der Waals surface area contributed by atoms with Gasteiger partial charge in [-0.25, -0.2) is 5.01 Å². The minimum absolute atomic E-state index is 0.160. The number of thioether (sulfide) groups is 1. The summed E-state index contributed by atoms with van der Waals surface area (Å²) in [7, 11) is 1.62. The highest BCUT2D eigenvalue weighted by Gasteiger charge is 2.39. The van der Waals surface area contributed by atoms with Crippen molar-refractivity contribution in [2.24, 2.45) is 10.1 Å². The summed E-state index contributed by atoms with van der Waals surface area (Å²) in [5, 5.41) is 17.7. The van der Waals surface area contributed by atoms with Crippen LogP contribution in [0.25, 0.3) is 0 Å². The first kappa shape index (κ1) is 25.4. The molecule has 4 rings (SSSR count). The lowest BCUT2D eigenvalue weighted by molar-refractivity contribution is -0.141. The molecule has 2 aliphatic rings. The van der Waals surface area contributed by atoms with Crippen molar-refractivity contribution in [1.82, 2.24) is 10.3 Å². The molecule has 2 amide bonds. The van der Waals surface area contributed by atoms with Crippen LogP contribution in [0.5, 0.6) is 5.75 Å². The Bertz CT molecular complexity index is 1210. The SMILES string of the molecule is CCc1ccc([C@@H]2CC(c3ccc(OC)cc3)=NN2C2=NC(=O)[C@H](CC(=O)N[C@H](C)C(=O)O)S2)cc1. The van der Waals surface area contributed by atoms with Crippen LogP contribution in [0.4, 0.5) is 0 Å². The van der Waals surface area contributed by atoms with E-state index < -0.39 is 29.1 Å². The van der Waals surface area contributed by atoms with Gasteiger partial charge in [-0.15, -0.1) is 0 Å². The number of methoxy groups -OCH3 is 1. The number of rotatable bonds is 8. The second-order valence-electron chi connectivity index (χ2n) is 8.61. The lowest BCUT2D eigenvalue weighted by Crippen LogP contribution is -2.39. The number of benzene rings is 2. The fourth-order valence-corrected chi connectivity index (χ4v) is 5.08. The Morgan fingerprint density at radius 1 is 1.19 bits per heavy atom. The van der Waals surface area contributed by atoms with Gasteiger partial charge in [-0.1, -0.05) is 43.0 Å². The van der Waals surface area contributed by atoms with Gasteiger partial charge in [0.05, 0.1) is 18.9 Å². The van der Waals surface area contributed by atoms with E-state index in [9.17, 15) is 14.4 Å². The van der Waals surface area contributed by atoms with Crippen LogP contribution in [0.1, 0.15) is 49.4 Å². The van der Waals surface area contributed by atoms with E-state index in [1.165, 1.54) is 24.2 Å². The molecule has 2 heterocycles. The van der Waals surface area contributed by atoms with Crippen LogP contribution in [-0.4, -0.2) is 57.2 Å². The zero-order chi connectivity index (χ0) is 25.8. The molecule has 2 aliphatic heterocycles. The summed E-state index contributed by atoms with van der Waals surface area (Å²) in [6.45, 7) is 3.48. The number of carboxylic acids is 1. The second-order valence-corrected chi connectivity index (χ2v) is 9.78. The number of carboxylic acid groups (broad SMARTS) is 1. The van der Waals surface area contributed by atoms with Gasteiger partial charge in [-0.05, 0) is 54.3 Å². The summed E-state index contributed by atoms with van der Waals surface area (Å²) in [5.41, 5.74) is 4.08. The van der Waals surface area contributed by atoms with Gasteiger partial charge in [0.2, 0.25) is 5.91 Å². The van der Waals surface area contributed by atoms with Crippen molar-refractivity contribution in [3.05, 3.63) is 65.2 Å². The van der Waals surface area contributed by atoms with Crippen LogP contribution in [-0.2, 0) is 20.8 Å². The molecule has 0 unspecified atom stereocenters. The molecule has 0 saturated heterocycles. The number of nitrogens with one attached hydrogen (secondary N) is 1. The molecule has 10 heteroatoms. The van der Waals surface area contributed by atoms with Crippen molar-refractivity contribution in [3.8, 4) is 5.75 Å². The Morgan fingerprint density at radius 2 is 1.89 bits per heavy atom. The van der Waals surface area contributed by atoms with Crippen molar-refractivity contribution in [3.63, 3.8) is 0 Å². The van der Waals surface area contributed by atoms with E-state index in [0.717, 1.165) is 29.0 Å². The van der Waals surface area contributed by atoms with E-state index in [1.54, 1.807) is 12.1 Å². The first-order valence-electron chi connectivity index (χ1n) is 11.7. The minimum atomic E-state index is -1.14. The standard InChI is InChI=1S/C26H28N4O5S/c1-4-16-5-7-18(8-6-16)21-13-20(17-9-11-19(35-3)12-10-17)29-30(21)26-28-24(32)22(36-26)14-23(31)27-15(2)25(33)34/h5-12,15,21-22H,4,13-14H2,1-3H3,(H,27,31)(H,33,34)/t15-,21+,22+/m1/s1. The molecule has 9 nitrogen and oxygen atoms in total. The number of carbonyl (C=O) groups excluding carboxylic acids is 2. The fourth-order valence-electron chi connectivity index (χ4n) is 4.01. The molecule has 188 valence electrons. The molecule has 2 N–H and O–H groups in total. The van der Waals surface area contributed by atoms with E-state index in [-0.39, 0.29) is 12.5 Å². The number of ether oxygens (including phenoxy) is 1. The summed E-state index contributed by atoms with van der Waals surface area (Å²) < 4.78 is 5.26. The molecule has 0 spiro atoms. The van der Waals surface area contributed by atoms with Crippen molar-refractivity contribution < 1.29 is 24.2 Å². The summed E-state index contributed by atoms with van der Waals surface area (Å²) in [5.74, 6) is -1.33. The van der Waals surface area contributed by atoms with Gasteiger partial charge in [0, 0.05) is 12.8 Å². The third-order valence-corrected chi connectivity index (χ3v) is 7.29. The van der Waals surface area contributed by atoms with E-state index in [1.807, 2.05) is 24.3 Å². The van der Waals surface area contributed by atoms with Crippen LogP contribution in [0, 0.1) is 0 Å². The number of nitrogens with zero attached hydrogens (tertiary/aromatic N) is 3. The topological polar surface area (TPSA) is 121 Å². The van der Waals surface area contributed by atoms with E-state index >= 15 is 0 Å². The first-order valence-corrected chi connectivity index (χ1v) is 12.6. The number of aliphatic imine (C=N–C) groups is 1. The highest BCUT2D eigenvalue weighted by atomic mass is 32.2. The van der Waals surface area contributed by atoms with Gasteiger partial charge in [-0.2, -0.15) is 10.1 Å². The molecule has 0 radical (unpaired) electrons. The third-order valence-electron chi connectivity index (χ3n) is 6.15. The van der Waals surface area contributed by atoms with Crippen molar-refractivity contribution in [2.45, 2.75) is 50.4 Å². The largest absolute Gasteiger partial charge is 0.497 e. The smallest absolute Gasteiger partial charge is 0.325 e. The van der Waals surface area contributed by atoms with Gasteiger partial charge >= 0.3 is 5.97 Å². The number of hydrogen-bond acceptors (Lipinski definition) is 7.